The van der Waals surface area contributed by atoms with E-state index in [1.54, 1.807) is 0 Å². The summed E-state index contributed by atoms with van der Waals surface area (Å²) in [5, 5.41) is -1.93. The Balaban J connectivity index is 0. The van der Waals surface area contributed by atoms with Gasteiger partial charge in [0.05, 0.1) is 19.6 Å². The molecule has 0 aliphatic rings. The number of hydrogen-bond donors (Lipinski definition) is 1. The Bertz CT molecular complexity index is 695. The topological polar surface area (TPSA) is 107 Å². The van der Waals surface area contributed by atoms with Crippen molar-refractivity contribution in [2.24, 2.45) is 11.8 Å². The van der Waals surface area contributed by atoms with Gasteiger partial charge in [-0.15, -0.1) is 0 Å². The zero-order chi connectivity index (χ0) is 28.7. The average molecular weight is 602 g/mol. The van der Waals surface area contributed by atoms with Crippen LogP contribution in [-0.2, 0) is 29.2 Å². The molecule has 0 fully saturated rings. The van der Waals surface area contributed by atoms with Crippen LogP contribution in [0, 0.1) is 11.8 Å². The maximum Gasteiger partial charge on any atom is 0.327 e. The molecule has 0 aliphatic carbocycles. The maximum atomic E-state index is 12.2. The van der Waals surface area contributed by atoms with Gasteiger partial charge in [0.15, 0.2) is 5.25 Å². The summed E-state index contributed by atoms with van der Waals surface area (Å²) >= 11 is 0. The van der Waals surface area contributed by atoms with Crippen LogP contribution >= 0.6 is 0 Å². The molecule has 0 amide bonds. The van der Waals surface area contributed by atoms with Crippen LogP contribution in [0.1, 0.15) is 150 Å². The van der Waals surface area contributed by atoms with Crippen LogP contribution < -0.4 is 0 Å². The number of carbonyl (C=O) groups excluding carboxylic acids is 2. The molecule has 0 bridgehead atoms. The van der Waals surface area contributed by atoms with Crippen LogP contribution in [0.5, 0.6) is 0 Å². The van der Waals surface area contributed by atoms with Gasteiger partial charge < -0.3 is 9.47 Å². The molecule has 0 aromatic carbocycles. The van der Waals surface area contributed by atoms with Gasteiger partial charge in [-0.25, -0.2) is 0 Å². The smallest absolute Gasteiger partial charge is 0.327 e. The third-order valence-corrected chi connectivity index (χ3v) is 7.91. The van der Waals surface area contributed by atoms with Crippen molar-refractivity contribution in [1.82, 2.24) is 0 Å². The molecule has 1 radical (unpaired) electrons. The number of unbranched alkanes of at least 4 members (excludes halogenated alkanes) is 14. The van der Waals surface area contributed by atoms with Crippen molar-refractivity contribution < 1.29 is 32.0 Å². The van der Waals surface area contributed by atoms with Crippen molar-refractivity contribution in [3.8, 4) is 0 Å². The van der Waals surface area contributed by atoms with E-state index >= 15 is 0 Å². The second-order valence-electron chi connectivity index (χ2n) is 11.6. The van der Waals surface area contributed by atoms with Crippen LogP contribution in [0.2, 0.25) is 0 Å². The van der Waals surface area contributed by atoms with Gasteiger partial charge in [0, 0.05) is 51.4 Å². The van der Waals surface area contributed by atoms with Crippen LogP contribution in [0.3, 0.4) is 0 Å². The second kappa shape index (κ2) is 27.3. The van der Waals surface area contributed by atoms with Gasteiger partial charge >= 0.3 is 11.9 Å². The van der Waals surface area contributed by atoms with E-state index in [2.05, 4.69) is 27.7 Å². The zero-order valence-corrected chi connectivity index (χ0v) is 29.8. The van der Waals surface area contributed by atoms with Crippen molar-refractivity contribution in [1.29, 1.82) is 0 Å². The summed E-state index contributed by atoms with van der Waals surface area (Å²) < 4.78 is 42.9. The molecule has 0 rings (SSSR count). The van der Waals surface area contributed by atoms with Crippen molar-refractivity contribution in [3.05, 3.63) is 0 Å². The van der Waals surface area contributed by atoms with Crippen molar-refractivity contribution in [2.75, 3.05) is 13.2 Å². The summed E-state index contributed by atoms with van der Waals surface area (Å²) in [6.45, 7) is 9.25. The molecule has 0 spiro atoms. The van der Waals surface area contributed by atoms with Crippen LogP contribution in [0.4, 0.5) is 0 Å². The van der Waals surface area contributed by atoms with Gasteiger partial charge in [0.1, 0.15) is 0 Å². The first-order valence-corrected chi connectivity index (χ1v) is 16.8. The molecule has 0 aromatic rings. The standard InChI is InChI=1S/C30H58O7S.K/c1-26(2)21-17-13-9-5-7-11-15-19-23-36-29(31)25-28(38(33,34)35)30(32)37-24-20-16-12-8-6-10-14-18-22-27(3)4;/h26-28H,5-25H2,1-4H3,(H,33,34,35);. The molecule has 227 valence electrons. The minimum atomic E-state index is -4.76. The average Bonchev–Trinajstić information content (AvgIpc) is 2.83. The molecular formula is C30H58KO7S. The minimum absolute atomic E-state index is 0. The van der Waals surface area contributed by atoms with E-state index in [0.717, 1.165) is 50.4 Å². The Labute approximate surface area is 282 Å². The molecule has 0 aromatic heterocycles. The van der Waals surface area contributed by atoms with Gasteiger partial charge in [-0.2, -0.15) is 8.42 Å². The van der Waals surface area contributed by atoms with Gasteiger partial charge in [0.25, 0.3) is 10.1 Å². The predicted octanol–water partition coefficient (Wildman–Crippen LogP) is 7.67. The molecule has 0 saturated heterocycles. The summed E-state index contributed by atoms with van der Waals surface area (Å²) in [6.07, 6.45) is 19.4. The van der Waals surface area contributed by atoms with E-state index in [4.69, 9.17) is 9.47 Å². The quantitative estimate of drug-likeness (QED) is 0.0469. The summed E-state index contributed by atoms with van der Waals surface area (Å²) in [4.78, 5) is 24.3. The van der Waals surface area contributed by atoms with E-state index in [-0.39, 0.29) is 64.6 Å². The van der Waals surface area contributed by atoms with E-state index in [1.807, 2.05) is 0 Å². The maximum absolute atomic E-state index is 12.2. The SMILES string of the molecule is CC(C)CCCCCCCCCCOC(=O)CC(C(=O)OCCCCCCCCCCC(C)C)S(=O)(=O)O.[K]. The first-order valence-electron chi connectivity index (χ1n) is 15.3. The predicted molar refractivity (Wildman–Crippen MR) is 160 cm³/mol. The Hall–Kier alpha value is 0.486. The summed E-state index contributed by atoms with van der Waals surface area (Å²) in [5.74, 6) is -0.372. The molecule has 0 heterocycles. The molecular weight excluding hydrogens is 543 g/mol. The number of ether oxygens (including phenoxy) is 2. The van der Waals surface area contributed by atoms with E-state index in [9.17, 15) is 22.6 Å². The fourth-order valence-electron chi connectivity index (χ4n) is 4.40. The van der Waals surface area contributed by atoms with E-state index in [1.165, 1.54) is 64.2 Å². The minimum Gasteiger partial charge on any atom is -0.466 e. The van der Waals surface area contributed by atoms with E-state index in [0.29, 0.717) is 12.8 Å². The second-order valence-corrected chi connectivity index (χ2v) is 13.2. The molecule has 0 aliphatic heterocycles. The van der Waals surface area contributed by atoms with Crippen LogP contribution in [-0.4, -0.2) is 94.8 Å². The largest absolute Gasteiger partial charge is 0.466 e. The Morgan fingerprint density at radius 2 is 0.923 bits per heavy atom. The Morgan fingerprint density at radius 3 is 1.28 bits per heavy atom. The van der Waals surface area contributed by atoms with Crippen LogP contribution in [0.15, 0.2) is 0 Å². The van der Waals surface area contributed by atoms with Crippen molar-refractivity contribution >= 4 is 73.4 Å². The van der Waals surface area contributed by atoms with Gasteiger partial charge in [-0.3, -0.25) is 14.1 Å². The van der Waals surface area contributed by atoms with Gasteiger partial charge in [-0.05, 0) is 24.7 Å². The first-order chi connectivity index (χ1) is 18.0. The Morgan fingerprint density at radius 1 is 0.590 bits per heavy atom. The van der Waals surface area contributed by atoms with Gasteiger partial charge in [-0.1, -0.05) is 130 Å². The summed E-state index contributed by atoms with van der Waals surface area (Å²) in [5.41, 5.74) is 0. The monoisotopic (exact) mass is 601 g/mol. The normalized spacial score (nSPS) is 12.4. The van der Waals surface area contributed by atoms with E-state index < -0.39 is 33.7 Å². The number of hydrogen-bond acceptors (Lipinski definition) is 6. The first kappa shape index (κ1) is 41.6. The molecule has 7 nitrogen and oxygen atoms in total. The molecule has 39 heavy (non-hydrogen) atoms. The molecule has 1 atom stereocenters. The number of esters is 2. The van der Waals surface area contributed by atoms with Crippen molar-refractivity contribution in [2.45, 2.75) is 155 Å². The summed E-state index contributed by atoms with van der Waals surface area (Å²) in [7, 11) is -4.76. The molecule has 1 N–H and O–H groups in total. The van der Waals surface area contributed by atoms with Crippen LogP contribution in [0.25, 0.3) is 0 Å². The third-order valence-electron chi connectivity index (χ3n) is 6.83. The van der Waals surface area contributed by atoms with Gasteiger partial charge in [0.2, 0.25) is 0 Å². The zero-order valence-electron chi connectivity index (χ0n) is 25.9. The fourth-order valence-corrected chi connectivity index (χ4v) is 5.06. The third kappa shape index (κ3) is 28.4. The fraction of sp³-hybridized carbons (Fsp3) is 0.933. The number of rotatable bonds is 26. The van der Waals surface area contributed by atoms with Crippen molar-refractivity contribution in [3.63, 3.8) is 0 Å². The molecule has 1 unspecified atom stereocenters. The molecule has 0 saturated carbocycles. The summed E-state index contributed by atoms with van der Waals surface area (Å²) in [6, 6.07) is 0. The number of carbonyl (C=O) groups is 2. The molecule has 9 heteroatoms. The Kier molecular flexibility index (Phi) is 29.2.